The first kappa shape index (κ1) is 19.5. The van der Waals surface area contributed by atoms with Gasteiger partial charge in [-0.1, -0.05) is 54.2 Å². The van der Waals surface area contributed by atoms with E-state index in [1.54, 1.807) is 6.26 Å². The average molecular weight is 469 g/mol. The Kier molecular flexibility index (Phi) is 6.12. The van der Waals surface area contributed by atoms with Crippen molar-refractivity contribution in [2.45, 2.75) is 11.7 Å². The molecule has 0 radical (unpaired) electrons. The molecule has 0 bridgehead atoms. The normalized spacial score (nSPS) is 10.8. The van der Waals surface area contributed by atoms with E-state index in [-0.39, 0.29) is 11.7 Å². The maximum atomic E-state index is 12.4. The van der Waals surface area contributed by atoms with Crippen molar-refractivity contribution in [1.82, 2.24) is 14.8 Å². The Balaban J connectivity index is 1.53. The molecule has 8 heteroatoms. The molecular weight excluding hydrogens is 452 g/mol. The molecule has 4 aromatic rings. The van der Waals surface area contributed by atoms with Gasteiger partial charge in [0.15, 0.2) is 11.0 Å². The van der Waals surface area contributed by atoms with Gasteiger partial charge in [0.2, 0.25) is 5.91 Å². The van der Waals surface area contributed by atoms with Gasteiger partial charge < -0.3 is 9.73 Å². The molecule has 6 nitrogen and oxygen atoms in total. The number of amides is 1. The Morgan fingerprint density at radius 2 is 1.83 bits per heavy atom. The highest BCUT2D eigenvalue weighted by atomic mass is 79.9. The van der Waals surface area contributed by atoms with Crippen LogP contribution >= 0.6 is 27.7 Å². The van der Waals surface area contributed by atoms with Gasteiger partial charge in [0, 0.05) is 10.0 Å². The van der Waals surface area contributed by atoms with Crippen molar-refractivity contribution in [3.8, 4) is 11.4 Å². The summed E-state index contributed by atoms with van der Waals surface area (Å²) < 4.78 is 8.30. The lowest BCUT2D eigenvalue weighted by molar-refractivity contribution is -0.113. The summed E-state index contributed by atoms with van der Waals surface area (Å²) in [6.45, 7) is 0.485. The molecule has 146 valence electrons. The van der Waals surface area contributed by atoms with Crippen molar-refractivity contribution >= 4 is 39.3 Å². The third kappa shape index (κ3) is 4.78. The maximum Gasteiger partial charge on any atom is 0.234 e. The minimum absolute atomic E-state index is 0.115. The number of furan rings is 1. The van der Waals surface area contributed by atoms with Gasteiger partial charge in [0.05, 0.1) is 24.2 Å². The predicted octanol–water partition coefficient (Wildman–Crippen LogP) is 5.08. The van der Waals surface area contributed by atoms with Gasteiger partial charge in [-0.25, -0.2) is 0 Å². The Bertz CT molecular complexity index is 1100. The molecule has 0 unspecified atom stereocenters. The number of hydrogen-bond donors (Lipinski definition) is 1. The van der Waals surface area contributed by atoms with Crippen LogP contribution in [0, 0.1) is 0 Å². The monoisotopic (exact) mass is 468 g/mol. The lowest BCUT2D eigenvalue weighted by atomic mass is 10.2. The second-order valence-corrected chi connectivity index (χ2v) is 7.95. The van der Waals surface area contributed by atoms with Crippen LogP contribution in [0.5, 0.6) is 0 Å². The average Bonchev–Trinajstić information content (AvgIpc) is 3.39. The Hall–Kier alpha value is -2.84. The van der Waals surface area contributed by atoms with Crippen LogP contribution in [0.3, 0.4) is 0 Å². The minimum atomic E-state index is -0.115. The quantitative estimate of drug-likeness (QED) is 0.382. The van der Waals surface area contributed by atoms with Gasteiger partial charge in [-0.2, -0.15) is 0 Å². The van der Waals surface area contributed by atoms with Crippen molar-refractivity contribution in [2.24, 2.45) is 0 Å². The second-order valence-electron chi connectivity index (χ2n) is 6.15. The van der Waals surface area contributed by atoms with Crippen molar-refractivity contribution < 1.29 is 9.21 Å². The molecule has 1 N–H and O–H groups in total. The SMILES string of the molecule is O=C(CSc1nnc(-c2ccccc2)n1Cc1ccco1)Nc1ccccc1Br. The van der Waals surface area contributed by atoms with E-state index in [9.17, 15) is 4.79 Å². The minimum Gasteiger partial charge on any atom is -0.467 e. The summed E-state index contributed by atoms with van der Waals surface area (Å²) in [5, 5.41) is 12.2. The zero-order valence-electron chi connectivity index (χ0n) is 15.3. The third-order valence-electron chi connectivity index (χ3n) is 4.12. The van der Waals surface area contributed by atoms with Crippen LogP contribution in [-0.2, 0) is 11.3 Å². The maximum absolute atomic E-state index is 12.4. The molecule has 0 saturated carbocycles. The zero-order chi connectivity index (χ0) is 20.1. The number of nitrogens with zero attached hydrogens (tertiary/aromatic N) is 3. The smallest absolute Gasteiger partial charge is 0.234 e. The summed E-state index contributed by atoms with van der Waals surface area (Å²) >= 11 is 4.77. The van der Waals surface area contributed by atoms with E-state index < -0.39 is 0 Å². The number of aromatic nitrogens is 3. The van der Waals surface area contributed by atoms with Gasteiger partial charge in [-0.3, -0.25) is 9.36 Å². The van der Waals surface area contributed by atoms with Crippen molar-refractivity contribution in [3.63, 3.8) is 0 Å². The van der Waals surface area contributed by atoms with Gasteiger partial charge in [0.1, 0.15) is 5.76 Å². The summed E-state index contributed by atoms with van der Waals surface area (Å²) in [6, 6.07) is 21.1. The molecule has 4 rings (SSSR count). The molecule has 0 aliphatic rings. The fraction of sp³-hybridized carbons (Fsp3) is 0.0952. The van der Waals surface area contributed by atoms with Gasteiger partial charge in [-0.05, 0) is 40.2 Å². The first-order valence-electron chi connectivity index (χ1n) is 8.89. The standard InChI is InChI=1S/C21H17BrN4O2S/c22-17-10-4-5-11-18(17)23-19(27)14-29-21-25-24-20(15-7-2-1-3-8-15)26(21)13-16-9-6-12-28-16/h1-12H,13-14H2,(H,23,27). The fourth-order valence-electron chi connectivity index (χ4n) is 2.78. The van der Waals surface area contributed by atoms with Crippen LogP contribution in [0.1, 0.15) is 5.76 Å². The molecule has 2 heterocycles. The van der Waals surface area contributed by atoms with Crippen molar-refractivity contribution in [1.29, 1.82) is 0 Å². The van der Waals surface area contributed by atoms with Gasteiger partial charge in [0.25, 0.3) is 0 Å². The highest BCUT2D eigenvalue weighted by Crippen LogP contribution is 2.26. The first-order valence-corrected chi connectivity index (χ1v) is 10.7. The Morgan fingerprint density at radius 1 is 1.03 bits per heavy atom. The van der Waals surface area contributed by atoms with E-state index in [1.807, 2.05) is 71.3 Å². The highest BCUT2D eigenvalue weighted by Gasteiger charge is 2.17. The van der Waals surface area contributed by atoms with Crippen molar-refractivity contribution in [2.75, 3.05) is 11.1 Å². The summed E-state index contributed by atoms with van der Waals surface area (Å²) in [7, 11) is 0. The van der Waals surface area contributed by atoms with Crippen LogP contribution in [0.4, 0.5) is 5.69 Å². The van der Waals surface area contributed by atoms with E-state index in [0.29, 0.717) is 11.7 Å². The molecule has 1 amide bonds. The Labute approximate surface area is 180 Å². The molecule has 29 heavy (non-hydrogen) atoms. The summed E-state index contributed by atoms with van der Waals surface area (Å²) in [5.41, 5.74) is 1.69. The number of nitrogens with one attached hydrogen (secondary N) is 1. The fourth-order valence-corrected chi connectivity index (χ4v) is 3.90. The lowest BCUT2D eigenvalue weighted by Crippen LogP contribution is -2.15. The van der Waals surface area contributed by atoms with Crippen molar-refractivity contribution in [3.05, 3.63) is 83.2 Å². The predicted molar refractivity (Wildman–Crippen MR) is 117 cm³/mol. The molecule has 0 fully saturated rings. The number of benzene rings is 2. The third-order valence-corrected chi connectivity index (χ3v) is 5.78. The molecular formula is C21H17BrN4O2S. The van der Waals surface area contributed by atoms with E-state index in [1.165, 1.54) is 11.8 Å². The van der Waals surface area contributed by atoms with Crippen LogP contribution < -0.4 is 5.32 Å². The molecule has 0 aliphatic heterocycles. The highest BCUT2D eigenvalue weighted by molar-refractivity contribution is 9.10. The number of hydrogen-bond acceptors (Lipinski definition) is 5. The van der Waals surface area contributed by atoms with Gasteiger partial charge >= 0.3 is 0 Å². The largest absolute Gasteiger partial charge is 0.467 e. The number of carbonyl (C=O) groups excluding carboxylic acids is 1. The van der Waals surface area contributed by atoms with E-state index in [4.69, 9.17) is 4.42 Å². The molecule has 2 aromatic heterocycles. The van der Waals surface area contributed by atoms with E-state index in [2.05, 4.69) is 31.4 Å². The summed E-state index contributed by atoms with van der Waals surface area (Å²) in [6.07, 6.45) is 1.64. The first-order chi connectivity index (χ1) is 14.2. The van der Waals surface area contributed by atoms with Crippen LogP contribution in [-0.4, -0.2) is 26.4 Å². The molecule has 2 aromatic carbocycles. The second kappa shape index (κ2) is 9.11. The Morgan fingerprint density at radius 3 is 2.59 bits per heavy atom. The zero-order valence-corrected chi connectivity index (χ0v) is 17.7. The molecule has 0 atom stereocenters. The van der Waals surface area contributed by atoms with Gasteiger partial charge in [-0.15, -0.1) is 10.2 Å². The van der Waals surface area contributed by atoms with Crippen LogP contribution in [0.15, 0.2) is 87.0 Å². The van der Waals surface area contributed by atoms with Crippen LogP contribution in [0.25, 0.3) is 11.4 Å². The number of para-hydroxylation sites is 1. The molecule has 0 saturated heterocycles. The molecule has 0 aliphatic carbocycles. The van der Waals surface area contributed by atoms with E-state index in [0.717, 1.165) is 27.3 Å². The lowest BCUT2D eigenvalue weighted by Gasteiger charge is -2.09. The number of halogens is 1. The number of thioether (sulfide) groups is 1. The summed E-state index contributed by atoms with van der Waals surface area (Å²) in [5.74, 6) is 1.62. The summed E-state index contributed by atoms with van der Waals surface area (Å²) in [4.78, 5) is 12.4. The number of anilines is 1. The van der Waals surface area contributed by atoms with Crippen LogP contribution in [0.2, 0.25) is 0 Å². The van der Waals surface area contributed by atoms with E-state index >= 15 is 0 Å². The number of rotatable bonds is 7. The number of carbonyl (C=O) groups is 1. The molecule has 0 spiro atoms. The topological polar surface area (TPSA) is 73.0 Å².